The van der Waals surface area contributed by atoms with E-state index >= 15 is 0 Å². The summed E-state index contributed by atoms with van der Waals surface area (Å²) < 4.78 is 23.1. The van der Waals surface area contributed by atoms with Crippen LogP contribution in [0.4, 0.5) is 0 Å². The molecule has 0 aromatic carbocycles. The van der Waals surface area contributed by atoms with Crippen LogP contribution in [0.5, 0.6) is 0 Å². The van der Waals surface area contributed by atoms with Crippen molar-refractivity contribution in [1.29, 1.82) is 0 Å². The molecule has 8 heteroatoms. The Hall–Kier alpha value is 0.194. The molecule has 0 heterocycles. The maximum Gasteiger partial charge on any atom is 0.500 e. The topological polar surface area (TPSA) is 69.2 Å². The highest BCUT2D eigenvalue weighted by Crippen LogP contribution is 2.17. The Balaban J connectivity index is 3.84. The Morgan fingerprint density at radius 3 is 1.96 bits per heavy atom. The second-order valence-electron chi connectivity index (χ2n) is 7.68. The van der Waals surface area contributed by atoms with Crippen molar-refractivity contribution in [2.75, 3.05) is 46.1 Å². The summed E-state index contributed by atoms with van der Waals surface area (Å²) in [5, 5.41) is 13.3. The molecule has 0 amide bonds. The molecule has 0 bridgehead atoms. The van der Waals surface area contributed by atoms with Crippen LogP contribution in [0, 0.1) is 0 Å². The van der Waals surface area contributed by atoms with Crippen LogP contribution in [0.3, 0.4) is 0 Å². The maximum atomic E-state index is 9.98. The van der Waals surface area contributed by atoms with Crippen molar-refractivity contribution < 1.29 is 23.1 Å². The minimum absolute atomic E-state index is 0.397. The molecule has 6 nitrogen and oxygen atoms in total. The van der Waals surface area contributed by atoms with Crippen molar-refractivity contribution in [3.05, 3.63) is 0 Å². The van der Waals surface area contributed by atoms with E-state index in [1.807, 2.05) is 20.8 Å². The third kappa shape index (κ3) is 14.3. The third-order valence-corrected chi connectivity index (χ3v) is 8.84. The summed E-state index contributed by atoms with van der Waals surface area (Å²) in [6.45, 7) is 17.3. The zero-order chi connectivity index (χ0) is 19.9. The monoisotopic (exact) mass is 409 g/mol. The molecule has 2 N–H and O–H groups in total. The Morgan fingerprint density at radius 2 is 1.46 bits per heavy atom. The molecule has 1 unspecified atom stereocenters. The van der Waals surface area contributed by atoms with Gasteiger partial charge in [0.25, 0.3) is 0 Å². The first kappa shape index (κ1) is 26.2. The summed E-state index contributed by atoms with van der Waals surface area (Å²) in [7, 11) is -3.52. The number of aliphatic hydroxyl groups excluding tert-OH is 1. The maximum absolute atomic E-state index is 9.98. The number of hydrogen-bond acceptors (Lipinski definition) is 6. The van der Waals surface area contributed by atoms with Gasteiger partial charge in [-0.25, -0.2) is 0 Å². The lowest BCUT2D eigenvalue weighted by molar-refractivity contribution is 0.0372. The van der Waals surface area contributed by atoms with Crippen LogP contribution >= 0.6 is 0 Å². The Kier molecular flexibility index (Phi) is 15.3. The summed E-state index contributed by atoms with van der Waals surface area (Å²) in [5.74, 6) is 0. The summed E-state index contributed by atoms with van der Waals surface area (Å²) in [4.78, 5) is 0. The van der Waals surface area contributed by atoms with Gasteiger partial charge in [-0.05, 0) is 40.2 Å². The van der Waals surface area contributed by atoms with Crippen LogP contribution in [0.25, 0.3) is 0 Å². The van der Waals surface area contributed by atoms with Gasteiger partial charge in [0.15, 0.2) is 0 Å². The average Bonchev–Trinajstić information content (AvgIpc) is 2.54. The van der Waals surface area contributed by atoms with Crippen molar-refractivity contribution in [1.82, 2.24) is 5.32 Å². The molecule has 1 atom stereocenters. The molecule has 0 aromatic rings. The second-order valence-corrected chi connectivity index (χ2v) is 16.0. The lowest BCUT2D eigenvalue weighted by Crippen LogP contribution is -2.46. The molecular formula is C18H43NO5Si2. The Morgan fingerprint density at radius 1 is 0.885 bits per heavy atom. The molecule has 0 aliphatic heterocycles. The highest BCUT2D eigenvalue weighted by molar-refractivity contribution is 6.76. The number of rotatable bonds is 18. The molecule has 158 valence electrons. The Labute approximate surface area is 163 Å². The first-order valence-electron chi connectivity index (χ1n) is 10.2. The first-order valence-corrected chi connectivity index (χ1v) is 15.8. The van der Waals surface area contributed by atoms with Crippen LogP contribution in [0.2, 0.25) is 31.7 Å². The van der Waals surface area contributed by atoms with E-state index in [-0.39, 0.29) is 0 Å². The van der Waals surface area contributed by atoms with Crippen molar-refractivity contribution >= 4 is 16.9 Å². The van der Waals surface area contributed by atoms with Crippen LogP contribution in [0.15, 0.2) is 0 Å². The molecule has 0 aromatic heterocycles. The van der Waals surface area contributed by atoms with Gasteiger partial charge in [0.1, 0.15) is 0 Å². The predicted molar refractivity (Wildman–Crippen MR) is 113 cm³/mol. The second kappa shape index (κ2) is 15.2. The quantitative estimate of drug-likeness (QED) is 0.268. The highest BCUT2D eigenvalue weighted by Gasteiger charge is 2.39. The minimum Gasteiger partial charge on any atom is -0.389 e. The highest BCUT2D eigenvalue weighted by atomic mass is 28.4. The normalized spacial score (nSPS) is 14.0. The van der Waals surface area contributed by atoms with Crippen LogP contribution in [-0.2, 0) is 18.0 Å². The summed E-state index contributed by atoms with van der Waals surface area (Å²) in [5.41, 5.74) is 0. The van der Waals surface area contributed by atoms with E-state index in [0.29, 0.717) is 33.0 Å². The van der Waals surface area contributed by atoms with Gasteiger partial charge < -0.3 is 28.4 Å². The first-order chi connectivity index (χ1) is 12.3. The number of ether oxygens (including phenoxy) is 1. The van der Waals surface area contributed by atoms with Crippen molar-refractivity contribution in [3.63, 3.8) is 0 Å². The van der Waals surface area contributed by atoms with E-state index in [1.165, 1.54) is 6.04 Å². The van der Waals surface area contributed by atoms with Gasteiger partial charge in [-0.1, -0.05) is 25.7 Å². The van der Waals surface area contributed by atoms with Gasteiger partial charge in [0, 0.05) is 47.1 Å². The minimum atomic E-state index is -2.54. The van der Waals surface area contributed by atoms with E-state index in [2.05, 4.69) is 25.0 Å². The molecular weight excluding hydrogens is 366 g/mol. The molecule has 0 rings (SSSR count). The fourth-order valence-electron chi connectivity index (χ4n) is 2.68. The lowest BCUT2D eigenvalue weighted by Gasteiger charge is -2.28. The summed E-state index contributed by atoms with van der Waals surface area (Å²) >= 11 is 0. The molecule has 0 aliphatic carbocycles. The van der Waals surface area contributed by atoms with Gasteiger partial charge in [-0.2, -0.15) is 0 Å². The number of aliphatic hydroxyl groups is 1. The third-order valence-electron chi connectivity index (χ3n) is 3.83. The van der Waals surface area contributed by atoms with Crippen molar-refractivity contribution in [3.8, 4) is 0 Å². The summed E-state index contributed by atoms with van der Waals surface area (Å²) in [6.07, 6.45) is 1.53. The largest absolute Gasteiger partial charge is 0.500 e. The average molecular weight is 410 g/mol. The van der Waals surface area contributed by atoms with E-state index in [9.17, 15) is 5.11 Å². The molecule has 0 radical (unpaired) electrons. The van der Waals surface area contributed by atoms with Crippen LogP contribution in [-0.4, -0.2) is 74.2 Å². The van der Waals surface area contributed by atoms with Gasteiger partial charge >= 0.3 is 8.80 Å². The Bertz CT molecular complexity index is 312. The van der Waals surface area contributed by atoms with E-state index in [4.69, 9.17) is 18.0 Å². The van der Waals surface area contributed by atoms with Gasteiger partial charge in [-0.15, -0.1) is 0 Å². The molecule has 0 fully saturated rings. The molecule has 0 spiro atoms. The number of hydrogen-bond donors (Lipinski definition) is 2. The van der Waals surface area contributed by atoms with Crippen LogP contribution < -0.4 is 5.32 Å². The molecule has 0 saturated heterocycles. The van der Waals surface area contributed by atoms with E-state index in [0.717, 1.165) is 32.0 Å². The van der Waals surface area contributed by atoms with Crippen molar-refractivity contribution in [2.45, 2.75) is 71.4 Å². The molecule has 0 saturated carbocycles. The van der Waals surface area contributed by atoms with E-state index in [1.54, 1.807) is 0 Å². The SMILES string of the molecule is CCO[Si](CCCNCC(O)COCCC[Si](C)(C)C)(OCC)OCC. The fraction of sp³-hybridized carbons (Fsp3) is 1.00. The van der Waals surface area contributed by atoms with E-state index < -0.39 is 23.0 Å². The lowest BCUT2D eigenvalue weighted by atomic mass is 10.3. The van der Waals surface area contributed by atoms with Crippen LogP contribution in [0.1, 0.15) is 33.6 Å². The number of nitrogens with one attached hydrogen (secondary N) is 1. The zero-order valence-electron chi connectivity index (χ0n) is 17.9. The standard InChI is InChI=1S/C18H43NO5Si2/c1-7-22-26(23-8-2,24-9-3)15-10-12-19-16-18(20)17-21-13-11-14-25(4,5)6/h18-20H,7-17H2,1-6H3. The zero-order valence-corrected chi connectivity index (χ0v) is 19.9. The van der Waals surface area contributed by atoms with Gasteiger partial charge in [0.05, 0.1) is 12.7 Å². The van der Waals surface area contributed by atoms with Crippen molar-refractivity contribution in [2.24, 2.45) is 0 Å². The fourth-order valence-corrected chi connectivity index (χ4v) is 6.50. The predicted octanol–water partition coefficient (Wildman–Crippen LogP) is 3.12. The molecule has 0 aliphatic rings. The smallest absolute Gasteiger partial charge is 0.389 e. The van der Waals surface area contributed by atoms with Gasteiger partial charge in [-0.3, -0.25) is 0 Å². The molecule has 26 heavy (non-hydrogen) atoms. The van der Waals surface area contributed by atoms with Gasteiger partial charge in [0.2, 0.25) is 0 Å². The summed E-state index contributed by atoms with van der Waals surface area (Å²) in [6, 6.07) is 2.06.